The van der Waals surface area contributed by atoms with Crippen molar-refractivity contribution in [3.05, 3.63) is 22.4 Å². The van der Waals surface area contributed by atoms with Gasteiger partial charge in [0.2, 0.25) is 5.91 Å². The average Bonchev–Trinajstić information content (AvgIpc) is 3.01. The number of carbonyl (C=O) groups is 2. The molecular weight excluding hydrogens is 300 g/mol. The minimum Gasteiger partial charge on any atom is -0.466 e. The highest BCUT2D eigenvalue weighted by atomic mass is 32.1. The molecule has 0 aromatic carbocycles. The molecule has 1 aromatic heterocycles. The highest BCUT2D eigenvalue weighted by Gasteiger charge is 2.27. The van der Waals surface area contributed by atoms with Gasteiger partial charge in [-0.15, -0.1) is 11.3 Å². The summed E-state index contributed by atoms with van der Waals surface area (Å²) in [7, 11) is 1.84. The second-order valence-electron chi connectivity index (χ2n) is 5.63. The molecule has 1 aromatic rings. The third-order valence-electron chi connectivity index (χ3n) is 3.97. The molecule has 1 amide bonds. The van der Waals surface area contributed by atoms with Crippen molar-refractivity contribution in [2.75, 3.05) is 33.3 Å². The summed E-state index contributed by atoms with van der Waals surface area (Å²) in [5.41, 5.74) is 0. The number of amides is 1. The van der Waals surface area contributed by atoms with E-state index >= 15 is 0 Å². The molecule has 0 bridgehead atoms. The summed E-state index contributed by atoms with van der Waals surface area (Å²) in [6.07, 6.45) is 1.56. The van der Waals surface area contributed by atoms with Gasteiger partial charge in [0.15, 0.2) is 0 Å². The summed E-state index contributed by atoms with van der Waals surface area (Å²) >= 11 is 1.66. The second kappa shape index (κ2) is 8.29. The summed E-state index contributed by atoms with van der Waals surface area (Å²) in [6, 6.07) is 4.04. The molecule has 0 spiro atoms. The van der Waals surface area contributed by atoms with Gasteiger partial charge in [0.05, 0.1) is 25.6 Å². The summed E-state index contributed by atoms with van der Waals surface area (Å²) in [6.45, 7) is 4.91. The van der Waals surface area contributed by atoms with Crippen LogP contribution in [0.5, 0.6) is 0 Å². The monoisotopic (exact) mass is 324 g/mol. The third kappa shape index (κ3) is 4.81. The Morgan fingerprint density at radius 2 is 2.14 bits per heavy atom. The van der Waals surface area contributed by atoms with Gasteiger partial charge in [-0.3, -0.25) is 14.5 Å². The maximum absolute atomic E-state index is 12.3. The van der Waals surface area contributed by atoms with E-state index < -0.39 is 0 Å². The number of likely N-dealkylation sites (N-methyl/N-ethyl adjacent to an activating group) is 1. The average molecular weight is 324 g/mol. The predicted octanol–water partition coefficient (Wildman–Crippen LogP) is 1.98. The van der Waals surface area contributed by atoms with Gasteiger partial charge in [0.25, 0.3) is 0 Å². The van der Waals surface area contributed by atoms with Crippen LogP contribution in [0.25, 0.3) is 0 Å². The molecule has 122 valence electrons. The Morgan fingerprint density at radius 3 is 2.73 bits per heavy atom. The van der Waals surface area contributed by atoms with Gasteiger partial charge >= 0.3 is 5.97 Å². The number of likely N-dealkylation sites (tertiary alicyclic amines) is 1. The van der Waals surface area contributed by atoms with Gasteiger partial charge < -0.3 is 9.64 Å². The van der Waals surface area contributed by atoms with Crippen molar-refractivity contribution < 1.29 is 14.3 Å². The number of ether oxygens (including phenoxy) is 1. The van der Waals surface area contributed by atoms with Gasteiger partial charge in [-0.1, -0.05) is 6.07 Å². The first-order valence-electron chi connectivity index (χ1n) is 7.75. The Hall–Kier alpha value is -1.40. The fourth-order valence-corrected chi connectivity index (χ4v) is 3.38. The van der Waals surface area contributed by atoms with E-state index in [1.165, 1.54) is 4.88 Å². The van der Waals surface area contributed by atoms with Crippen molar-refractivity contribution >= 4 is 23.2 Å². The maximum Gasteiger partial charge on any atom is 0.309 e. The van der Waals surface area contributed by atoms with Crippen molar-refractivity contribution in [3.8, 4) is 0 Å². The lowest BCUT2D eigenvalue weighted by Gasteiger charge is -2.31. The van der Waals surface area contributed by atoms with E-state index in [0.29, 0.717) is 19.7 Å². The normalized spacial score (nSPS) is 16.5. The Morgan fingerprint density at radius 1 is 1.41 bits per heavy atom. The van der Waals surface area contributed by atoms with Gasteiger partial charge in [0.1, 0.15) is 0 Å². The van der Waals surface area contributed by atoms with Crippen LogP contribution in [0.3, 0.4) is 0 Å². The van der Waals surface area contributed by atoms with E-state index in [9.17, 15) is 9.59 Å². The summed E-state index contributed by atoms with van der Waals surface area (Å²) < 4.78 is 5.06. The molecule has 22 heavy (non-hydrogen) atoms. The molecule has 0 N–H and O–H groups in total. The van der Waals surface area contributed by atoms with E-state index in [0.717, 1.165) is 25.9 Å². The fraction of sp³-hybridized carbons (Fsp3) is 0.625. The number of nitrogens with zero attached hydrogens (tertiary/aromatic N) is 2. The summed E-state index contributed by atoms with van der Waals surface area (Å²) in [5, 5.41) is 2.02. The predicted molar refractivity (Wildman–Crippen MR) is 86.6 cm³/mol. The molecular formula is C16H24N2O3S. The minimum atomic E-state index is -0.0942. The van der Waals surface area contributed by atoms with Crippen molar-refractivity contribution in [3.63, 3.8) is 0 Å². The smallest absolute Gasteiger partial charge is 0.309 e. The molecule has 1 fully saturated rings. The van der Waals surface area contributed by atoms with Crippen LogP contribution in [0.1, 0.15) is 24.6 Å². The van der Waals surface area contributed by atoms with Crippen LogP contribution < -0.4 is 0 Å². The number of hydrogen-bond acceptors (Lipinski definition) is 5. The first-order chi connectivity index (χ1) is 10.6. The fourth-order valence-electron chi connectivity index (χ4n) is 2.62. The SMILES string of the molecule is CCOC(=O)C1CCN(CC(=O)N(C)Cc2cccs2)CC1. The van der Waals surface area contributed by atoms with Crippen LogP contribution in [0, 0.1) is 5.92 Å². The minimum absolute atomic E-state index is 0.00449. The van der Waals surface area contributed by atoms with Crippen LogP contribution in [0.4, 0.5) is 0 Å². The largest absolute Gasteiger partial charge is 0.466 e. The standard InChI is InChI=1S/C16H24N2O3S/c1-3-21-16(20)13-6-8-18(9-7-13)12-15(19)17(2)11-14-5-4-10-22-14/h4-5,10,13H,3,6-9,11-12H2,1-2H3. The molecule has 0 radical (unpaired) electrons. The lowest BCUT2D eigenvalue weighted by molar-refractivity contribution is -0.149. The Bertz CT molecular complexity index is 482. The molecule has 2 rings (SSSR count). The molecule has 0 saturated carbocycles. The number of esters is 1. The van der Waals surface area contributed by atoms with Crippen LogP contribution in [-0.4, -0.2) is 55.0 Å². The van der Waals surface area contributed by atoms with Crippen LogP contribution in [0.2, 0.25) is 0 Å². The first kappa shape index (κ1) is 17.0. The lowest BCUT2D eigenvalue weighted by atomic mass is 9.97. The van der Waals surface area contributed by atoms with Crippen molar-refractivity contribution in [1.82, 2.24) is 9.80 Å². The number of hydrogen-bond donors (Lipinski definition) is 0. The topological polar surface area (TPSA) is 49.9 Å². The molecule has 1 aliphatic heterocycles. The number of carbonyl (C=O) groups excluding carboxylic acids is 2. The Labute approximate surface area is 135 Å². The lowest BCUT2D eigenvalue weighted by Crippen LogP contribution is -2.43. The molecule has 0 unspecified atom stereocenters. The van der Waals surface area contributed by atoms with Crippen molar-refractivity contribution in [2.24, 2.45) is 5.92 Å². The molecule has 6 heteroatoms. The second-order valence-corrected chi connectivity index (χ2v) is 6.66. The van der Waals surface area contributed by atoms with Gasteiger partial charge in [-0.05, 0) is 44.3 Å². The zero-order valence-corrected chi connectivity index (χ0v) is 14.1. The third-order valence-corrected chi connectivity index (χ3v) is 4.83. The quantitative estimate of drug-likeness (QED) is 0.751. The zero-order valence-electron chi connectivity index (χ0n) is 13.3. The first-order valence-corrected chi connectivity index (χ1v) is 8.63. The van der Waals surface area contributed by atoms with E-state index in [1.54, 1.807) is 16.2 Å². The number of thiophene rings is 1. The Kier molecular flexibility index (Phi) is 6.39. The van der Waals surface area contributed by atoms with Gasteiger partial charge in [-0.25, -0.2) is 0 Å². The maximum atomic E-state index is 12.3. The highest BCUT2D eigenvalue weighted by molar-refractivity contribution is 7.09. The van der Waals surface area contributed by atoms with E-state index in [-0.39, 0.29) is 17.8 Å². The molecule has 1 saturated heterocycles. The van der Waals surface area contributed by atoms with Crippen LogP contribution >= 0.6 is 11.3 Å². The van der Waals surface area contributed by atoms with Crippen molar-refractivity contribution in [2.45, 2.75) is 26.3 Å². The summed E-state index contributed by atoms with van der Waals surface area (Å²) in [4.78, 5) is 29.0. The van der Waals surface area contributed by atoms with Gasteiger partial charge in [0, 0.05) is 11.9 Å². The summed E-state index contributed by atoms with van der Waals surface area (Å²) in [5.74, 6) is 0.0291. The van der Waals surface area contributed by atoms with E-state index in [2.05, 4.69) is 4.90 Å². The molecule has 2 heterocycles. The molecule has 5 nitrogen and oxygen atoms in total. The van der Waals surface area contributed by atoms with Crippen LogP contribution in [-0.2, 0) is 20.9 Å². The molecule has 0 aliphatic carbocycles. The molecule has 1 aliphatic rings. The van der Waals surface area contributed by atoms with Crippen LogP contribution in [0.15, 0.2) is 17.5 Å². The highest BCUT2D eigenvalue weighted by Crippen LogP contribution is 2.19. The zero-order chi connectivity index (χ0) is 15.9. The van der Waals surface area contributed by atoms with E-state index in [4.69, 9.17) is 4.74 Å². The van der Waals surface area contributed by atoms with Crippen molar-refractivity contribution in [1.29, 1.82) is 0 Å². The number of piperidine rings is 1. The van der Waals surface area contributed by atoms with E-state index in [1.807, 2.05) is 31.5 Å². The Balaban J connectivity index is 1.73. The number of rotatable bonds is 6. The van der Waals surface area contributed by atoms with Gasteiger partial charge in [-0.2, -0.15) is 0 Å². The molecule has 0 atom stereocenters.